The summed E-state index contributed by atoms with van der Waals surface area (Å²) < 4.78 is 11.2. The fourth-order valence-electron chi connectivity index (χ4n) is 5.14. The molecule has 38 heavy (non-hydrogen) atoms. The summed E-state index contributed by atoms with van der Waals surface area (Å²) in [7, 11) is 1.37. The number of methoxy groups -OCH3 is 1. The maximum Gasteiger partial charge on any atom is 0.337 e. The lowest BCUT2D eigenvalue weighted by Gasteiger charge is -2.36. The van der Waals surface area contributed by atoms with Gasteiger partial charge in [-0.15, -0.1) is 0 Å². The zero-order chi connectivity index (χ0) is 26.5. The van der Waals surface area contributed by atoms with Gasteiger partial charge in [-0.05, 0) is 53.3 Å². The summed E-state index contributed by atoms with van der Waals surface area (Å²) >= 11 is 6.13. The number of hydrogen-bond donors (Lipinski definition) is 0. The van der Waals surface area contributed by atoms with Crippen molar-refractivity contribution in [1.29, 1.82) is 0 Å². The summed E-state index contributed by atoms with van der Waals surface area (Å²) in [6.07, 6.45) is 0.802. The van der Waals surface area contributed by atoms with E-state index in [1.54, 1.807) is 12.1 Å². The van der Waals surface area contributed by atoms with Crippen LogP contribution in [0.4, 0.5) is 0 Å². The molecule has 6 nitrogen and oxygen atoms in total. The Morgan fingerprint density at radius 2 is 1.61 bits per heavy atom. The van der Waals surface area contributed by atoms with Crippen molar-refractivity contribution in [3.8, 4) is 0 Å². The molecule has 198 valence electrons. The molecule has 2 aliphatic rings. The molecule has 1 aliphatic heterocycles. The number of carbonyl (C=O) groups is 2. The summed E-state index contributed by atoms with van der Waals surface area (Å²) in [5.41, 5.74) is 3.82. The van der Waals surface area contributed by atoms with Gasteiger partial charge in [-0.2, -0.15) is 0 Å². The highest BCUT2D eigenvalue weighted by molar-refractivity contribution is 6.30. The highest BCUT2D eigenvalue weighted by Crippen LogP contribution is 2.48. The second-order valence-electron chi connectivity index (χ2n) is 10.0. The number of ether oxygens (including phenoxy) is 2. The van der Waals surface area contributed by atoms with Crippen molar-refractivity contribution >= 4 is 23.5 Å². The number of halogens is 1. The molecule has 0 aromatic heterocycles. The van der Waals surface area contributed by atoms with Gasteiger partial charge in [-0.3, -0.25) is 9.69 Å². The molecule has 1 amide bonds. The summed E-state index contributed by atoms with van der Waals surface area (Å²) in [5, 5.41) is 0.687. The van der Waals surface area contributed by atoms with E-state index in [-0.39, 0.29) is 18.0 Å². The molecule has 1 aliphatic carbocycles. The largest absolute Gasteiger partial charge is 0.465 e. The molecule has 0 bridgehead atoms. The zero-order valence-electron chi connectivity index (χ0n) is 21.6. The molecule has 1 saturated carbocycles. The van der Waals surface area contributed by atoms with Crippen molar-refractivity contribution in [2.45, 2.75) is 25.0 Å². The number of amides is 1. The second kappa shape index (κ2) is 12.1. The monoisotopic (exact) mass is 532 g/mol. The van der Waals surface area contributed by atoms with Gasteiger partial charge >= 0.3 is 5.97 Å². The van der Waals surface area contributed by atoms with Gasteiger partial charge in [0, 0.05) is 43.7 Å². The molecule has 1 saturated heterocycles. The van der Waals surface area contributed by atoms with Crippen LogP contribution < -0.4 is 0 Å². The maximum absolute atomic E-state index is 13.1. The molecule has 0 radical (unpaired) electrons. The molecule has 3 aromatic carbocycles. The third-order valence-electron chi connectivity index (χ3n) is 7.51. The van der Waals surface area contributed by atoms with Crippen molar-refractivity contribution in [3.05, 3.63) is 106 Å². The van der Waals surface area contributed by atoms with Crippen LogP contribution >= 0.6 is 11.6 Å². The lowest BCUT2D eigenvalue weighted by Crippen LogP contribution is -2.50. The minimum atomic E-state index is -0.355. The van der Waals surface area contributed by atoms with Crippen LogP contribution in [-0.4, -0.2) is 61.5 Å². The van der Waals surface area contributed by atoms with E-state index in [2.05, 4.69) is 17.0 Å². The Hall–Kier alpha value is -3.19. The topological polar surface area (TPSA) is 59.1 Å². The maximum atomic E-state index is 13.1. The van der Waals surface area contributed by atoms with Crippen LogP contribution in [0.15, 0.2) is 78.9 Å². The number of nitrogens with zero attached hydrogens (tertiary/aromatic N) is 2. The van der Waals surface area contributed by atoms with E-state index in [0.717, 1.165) is 50.3 Å². The van der Waals surface area contributed by atoms with E-state index in [4.69, 9.17) is 21.1 Å². The number of rotatable bonds is 9. The highest BCUT2D eigenvalue weighted by Gasteiger charge is 2.46. The van der Waals surface area contributed by atoms with E-state index in [9.17, 15) is 9.59 Å². The molecule has 0 N–H and O–H groups in total. The van der Waals surface area contributed by atoms with Gasteiger partial charge in [0.1, 0.15) is 0 Å². The van der Waals surface area contributed by atoms with Crippen LogP contribution in [0.1, 0.15) is 45.5 Å². The van der Waals surface area contributed by atoms with E-state index in [0.29, 0.717) is 29.0 Å². The average Bonchev–Trinajstić information content (AvgIpc) is 3.77. The number of hydrogen-bond acceptors (Lipinski definition) is 5. The Morgan fingerprint density at radius 3 is 2.26 bits per heavy atom. The first-order valence-electron chi connectivity index (χ1n) is 13.1. The van der Waals surface area contributed by atoms with E-state index >= 15 is 0 Å². The van der Waals surface area contributed by atoms with Gasteiger partial charge in [0.25, 0.3) is 0 Å². The molecule has 7 heteroatoms. The highest BCUT2D eigenvalue weighted by atomic mass is 35.5. The van der Waals surface area contributed by atoms with Gasteiger partial charge in [0.2, 0.25) is 5.91 Å². The van der Waals surface area contributed by atoms with Gasteiger partial charge in [-0.25, -0.2) is 4.79 Å². The molecule has 0 unspecified atom stereocenters. The third-order valence-corrected chi connectivity index (χ3v) is 7.76. The van der Waals surface area contributed by atoms with Crippen molar-refractivity contribution in [3.63, 3.8) is 0 Å². The van der Waals surface area contributed by atoms with E-state index < -0.39 is 0 Å². The quantitative estimate of drug-likeness (QED) is 0.348. The number of benzene rings is 3. The fraction of sp³-hybridized carbons (Fsp3) is 0.355. The fourth-order valence-corrected chi connectivity index (χ4v) is 5.27. The minimum Gasteiger partial charge on any atom is -0.465 e. The van der Waals surface area contributed by atoms with Gasteiger partial charge in [-0.1, -0.05) is 66.2 Å². The van der Waals surface area contributed by atoms with Crippen LogP contribution in [0.3, 0.4) is 0 Å². The SMILES string of the molecule is COC(=O)c1ccc(CO[C@@H](CN2CCN(C(=O)[C@H]3C[C@H]3c3ccccc3)CC2)c2ccc(Cl)cc2)cc1. The van der Waals surface area contributed by atoms with Crippen LogP contribution in [-0.2, 0) is 20.9 Å². The molecule has 5 rings (SSSR count). The van der Waals surface area contributed by atoms with Crippen LogP contribution in [0, 0.1) is 5.92 Å². The summed E-state index contributed by atoms with van der Waals surface area (Å²) in [6, 6.07) is 25.4. The Balaban J connectivity index is 1.17. The average molecular weight is 533 g/mol. The lowest BCUT2D eigenvalue weighted by atomic mass is 10.1. The standard InChI is InChI=1S/C31H33ClN2O4/c1-37-31(36)25-9-7-22(8-10-25)21-38-29(24-11-13-26(32)14-12-24)20-33-15-17-34(18-16-33)30(35)28-19-27(28)23-5-3-2-4-6-23/h2-14,27-29H,15-21H2,1H3/t27-,28-,29-/m0/s1. The Labute approximate surface area is 229 Å². The molecular weight excluding hydrogens is 500 g/mol. The molecule has 1 heterocycles. The summed E-state index contributed by atoms with van der Waals surface area (Å²) in [6.45, 7) is 4.24. The first-order chi connectivity index (χ1) is 18.5. The number of carbonyl (C=O) groups excluding carboxylic acids is 2. The van der Waals surface area contributed by atoms with Crippen LogP contribution in [0.25, 0.3) is 0 Å². The first-order valence-corrected chi connectivity index (χ1v) is 13.5. The van der Waals surface area contributed by atoms with E-state index in [1.165, 1.54) is 12.7 Å². The Morgan fingerprint density at radius 1 is 0.921 bits per heavy atom. The second-order valence-corrected chi connectivity index (χ2v) is 10.5. The summed E-state index contributed by atoms with van der Waals surface area (Å²) in [4.78, 5) is 29.2. The van der Waals surface area contributed by atoms with Crippen molar-refractivity contribution in [2.75, 3.05) is 39.8 Å². The van der Waals surface area contributed by atoms with Gasteiger partial charge in [0.05, 0.1) is 25.4 Å². The Kier molecular flexibility index (Phi) is 8.42. The first kappa shape index (κ1) is 26.4. The predicted molar refractivity (Wildman–Crippen MR) is 147 cm³/mol. The molecule has 3 atom stereocenters. The van der Waals surface area contributed by atoms with Crippen molar-refractivity contribution < 1.29 is 19.1 Å². The minimum absolute atomic E-state index is 0.125. The van der Waals surface area contributed by atoms with Crippen LogP contribution in [0.5, 0.6) is 0 Å². The zero-order valence-corrected chi connectivity index (χ0v) is 22.3. The van der Waals surface area contributed by atoms with Gasteiger partial charge in [0.15, 0.2) is 0 Å². The smallest absolute Gasteiger partial charge is 0.337 e. The lowest BCUT2D eigenvalue weighted by molar-refractivity contribution is -0.134. The molecule has 2 fully saturated rings. The number of piperazine rings is 1. The van der Waals surface area contributed by atoms with Gasteiger partial charge < -0.3 is 14.4 Å². The van der Waals surface area contributed by atoms with Crippen molar-refractivity contribution in [1.82, 2.24) is 9.80 Å². The normalized spacial score (nSPS) is 20.1. The summed E-state index contributed by atoms with van der Waals surface area (Å²) in [5.74, 6) is 0.427. The third kappa shape index (κ3) is 6.44. The molecular formula is C31H33ClN2O4. The van der Waals surface area contributed by atoms with Crippen LogP contribution in [0.2, 0.25) is 5.02 Å². The Bertz CT molecular complexity index is 1220. The molecule has 0 spiro atoms. The number of esters is 1. The molecule has 3 aromatic rings. The van der Waals surface area contributed by atoms with E-state index in [1.807, 2.05) is 59.5 Å². The predicted octanol–water partition coefficient (Wildman–Crippen LogP) is 5.33. The van der Waals surface area contributed by atoms with Crippen molar-refractivity contribution in [2.24, 2.45) is 5.92 Å².